The second kappa shape index (κ2) is 11.7. The van der Waals surface area contributed by atoms with Gasteiger partial charge in [0.05, 0.1) is 0 Å². The topological polar surface area (TPSA) is 0 Å². The van der Waals surface area contributed by atoms with Crippen LogP contribution in [0.4, 0.5) is 0 Å². The summed E-state index contributed by atoms with van der Waals surface area (Å²) in [4.78, 5) is 0. The largest absolute Gasteiger partial charge is 0.0690 e. The molecule has 2 fully saturated rings. The van der Waals surface area contributed by atoms with E-state index in [0.717, 1.165) is 11.3 Å². The molecule has 34 heavy (non-hydrogen) atoms. The standard InChI is InChI=1S/C33H49P/c1-23(2)27-21-31(24(3)4)33(32(22-27)25(5)6)26-17-19-30(20-18-26)34(28-13-9-7-10-14-28)29-15-11-8-12-16-29/h17-25,28-29H,7-16H2,1-6H3. The van der Waals surface area contributed by atoms with Crippen LogP contribution in [0.5, 0.6) is 0 Å². The fourth-order valence-corrected chi connectivity index (χ4v) is 10.3. The number of benzene rings is 2. The molecule has 0 atom stereocenters. The van der Waals surface area contributed by atoms with Crippen LogP contribution in [0.1, 0.15) is 140 Å². The number of rotatable bonds is 7. The fraction of sp³-hybridized carbons (Fsp3) is 0.636. The quantitative estimate of drug-likeness (QED) is 0.349. The predicted molar refractivity (Wildman–Crippen MR) is 154 cm³/mol. The van der Waals surface area contributed by atoms with E-state index < -0.39 is 0 Å². The molecule has 1 heteroatoms. The lowest BCUT2D eigenvalue weighted by atomic mass is 9.82. The third kappa shape index (κ3) is 5.81. The minimum absolute atomic E-state index is 0.0274. The summed E-state index contributed by atoms with van der Waals surface area (Å²) in [5.74, 6) is 1.64. The Hall–Kier alpha value is -1.13. The van der Waals surface area contributed by atoms with E-state index in [1.165, 1.54) is 92.0 Å². The van der Waals surface area contributed by atoms with Crippen molar-refractivity contribution in [3.05, 3.63) is 53.1 Å². The second-order valence-electron chi connectivity index (χ2n) is 12.1. The van der Waals surface area contributed by atoms with Gasteiger partial charge in [-0.3, -0.25) is 0 Å². The first-order chi connectivity index (χ1) is 16.4. The Morgan fingerprint density at radius 1 is 0.588 bits per heavy atom. The highest BCUT2D eigenvalue weighted by Crippen LogP contribution is 2.55. The Kier molecular flexibility index (Phi) is 8.96. The summed E-state index contributed by atoms with van der Waals surface area (Å²) in [6.07, 6.45) is 14.7. The predicted octanol–water partition coefficient (Wildman–Crippen LogP) is 10.5. The van der Waals surface area contributed by atoms with Crippen LogP contribution >= 0.6 is 7.92 Å². The van der Waals surface area contributed by atoms with Crippen molar-refractivity contribution in [1.29, 1.82) is 0 Å². The van der Waals surface area contributed by atoms with Crippen LogP contribution in [-0.2, 0) is 0 Å². The van der Waals surface area contributed by atoms with Gasteiger partial charge in [0.2, 0.25) is 0 Å². The van der Waals surface area contributed by atoms with Crippen molar-refractivity contribution in [2.45, 2.75) is 135 Å². The highest BCUT2D eigenvalue weighted by atomic mass is 31.1. The molecule has 4 rings (SSSR count). The van der Waals surface area contributed by atoms with Crippen LogP contribution in [0.2, 0.25) is 0 Å². The van der Waals surface area contributed by atoms with Crippen LogP contribution in [-0.4, -0.2) is 11.3 Å². The first-order valence-corrected chi connectivity index (χ1v) is 15.9. The smallest absolute Gasteiger partial charge is 0.0114 e. The van der Waals surface area contributed by atoms with Gasteiger partial charge in [-0.25, -0.2) is 0 Å². The van der Waals surface area contributed by atoms with Gasteiger partial charge in [-0.2, -0.15) is 0 Å². The molecule has 0 aliphatic heterocycles. The number of hydrogen-bond acceptors (Lipinski definition) is 0. The molecule has 0 heterocycles. The summed E-state index contributed by atoms with van der Waals surface area (Å²) in [5.41, 5.74) is 9.45. The minimum atomic E-state index is -0.0274. The molecule has 0 radical (unpaired) electrons. The second-order valence-corrected chi connectivity index (χ2v) is 14.9. The van der Waals surface area contributed by atoms with Crippen molar-refractivity contribution in [1.82, 2.24) is 0 Å². The van der Waals surface area contributed by atoms with Crippen molar-refractivity contribution in [3.8, 4) is 11.1 Å². The molecular weight excluding hydrogens is 427 g/mol. The average Bonchev–Trinajstić information content (AvgIpc) is 2.85. The third-order valence-electron chi connectivity index (χ3n) is 8.52. The molecule has 2 saturated carbocycles. The molecule has 2 aliphatic carbocycles. The first kappa shape index (κ1) is 25.9. The van der Waals surface area contributed by atoms with Crippen molar-refractivity contribution in [2.24, 2.45) is 0 Å². The average molecular weight is 477 g/mol. The van der Waals surface area contributed by atoms with E-state index in [4.69, 9.17) is 0 Å². The Bertz CT molecular complexity index is 861. The Labute approximate surface area is 212 Å². The summed E-state index contributed by atoms with van der Waals surface area (Å²) in [6.45, 7) is 14.1. The molecule has 0 aromatic heterocycles. The van der Waals surface area contributed by atoms with Crippen LogP contribution in [0, 0.1) is 0 Å². The summed E-state index contributed by atoms with van der Waals surface area (Å²) in [6, 6.07) is 15.1. The van der Waals surface area contributed by atoms with E-state index >= 15 is 0 Å². The molecule has 0 amide bonds. The zero-order valence-corrected chi connectivity index (χ0v) is 23.8. The van der Waals surface area contributed by atoms with Gasteiger partial charge in [0.25, 0.3) is 0 Å². The van der Waals surface area contributed by atoms with E-state index in [2.05, 4.69) is 77.9 Å². The van der Waals surface area contributed by atoms with Gasteiger partial charge in [0.15, 0.2) is 0 Å². The summed E-state index contributed by atoms with van der Waals surface area (Å²) >= 11 is 0. The molecule has 2 aromatic rings. The van der Waals surface area contributed by atoms with Gasteiger partial charge in [-0.15, -0.1) is 0 Å². The minimum Gasteiger partial charge on any atom is -0.0690 e. The van der Waals surface area contributed by atoms with Crippen molar-refractivity contribution in [2.75, 3.05) is 0 Å². The SMILES string of the molecule is CC(C)c1cc(C(C)C)c(-c2ccc(P(C3CCCCC3)C3CCCCC3)cc2)c(C(C)C)c1. The Balaban J connectivity index is 1.73. The lowest BCUT2D eigenvalue weighted by Gasteiger charge is -2.38. The van der Waals surface area contributed by atoms with Crippen molar-refractivity contribution >= 4 is 13.2 Å². The molecule has 2 aliphatic rings. The summed E-state index contributed by atoms with van der Waals surface area (Å²) in [5, 5.41) is 1.70. The summed E-state index contributed by atoms with van der Waals surface area (Å²) in [7, 11) is -0.0274. The molecule has 2 aromatic carbocycles. The Morgan fingerprint density at radius 2 is 1.03 bits per heavy atom. The zero-order chi connectivity index (χ0) is 24.2. The van der Waals surface area contributed by atoms with Crippen molar-refractivity contribution < 1.29 is 0 Å². The van der Waals surface area contributed by atoms with E-state index in [1.54, 1.807) is 5.30 Å². The molecule has 0 bridgehead atoms. The van der Waals surface area contributed by atoms with Gasteiger partial charge in [-0.1, -0.05) is 124 Å². The zero-order valence-electron chi connectivity index (χ0n) is 22.9. The van der Waals surface area contributed by atoms with Crippen LogP contribution in [0.15, 0.2) is 36.4 Å². The molecule has 186 valence electrons. The lowest BCUT2D eigenvalue weighted by Crippen LogP contribution is -2.26. The maximum atomic E-state index is 2.56. The molecule has 0 saturated heterocycles. The van der Waals surface area contributed by atoms with Crippen LogP contribution < -0.4 is 5.30 Å². The van der Waals surface area contributed by atoms with E-state index in [1.807, 2.05) is 0 Å². The van der Waals surface area contributed by atoms with Crippen LogP contribution in [0.25, 0.3) is 11.1 Å². The molecule has 0 nitrogen and oxygen atoms in total. The molecule has 0 spiro atoms. The monoisotopic (exact) mass is 476 g/mol. The van der Waals surface area contributed by atoms with Crippen LogP contribution in [0.3, 0.4) is 0 Å². The van der Waals surface area contributed by atoms with Gasteiger partial charge in [0, 0.05) is 0 Å². The van der Waals surface area contributed by atoms with E-state index in [0.29, 0.717) is 17.8 Å². The summed E-state index contributed by atoms with van der Waals surface area (Å²) < 4.78 is 0. The Morgan fingerprint density at radius 3 is 1.41 bits per heavy atom. The first-order valence-electron chi connectivity index (χ1n) is 14.4. The highest BCUT2D eigenvalue weighted by molar-refractivity contribution is 7.67. The van der Waals surface area contributed by atoms with Crippen molar-refractivity contribution in [3.63, 3.8) is 0 Å². The normalized spacial score (nSPS) is 18.5. The molecule has 0 N–H and O–H groups in total. The fourth-order valence-electron chi connectivity index (χ4n) is 6.53. The van der Waals surface area contributed by atoms with Gasteiger partial charge < -0.3 is 0 Å². The van der Waals surface area contributed by atoms with Gasteiger partial charge >= 0.3 is 0 Å². The maximum Gasteiger partial charge on any atom is -0.0114 e. The van der Waals surface area contributed by atoms with Gasteiger partial charge in [-0.05, 0) is 87.9 Å². The van der Waals surface area contributed by atoms with E-state index in [9.17, 15) is 0 Å². The number of hydrogen-bond donors (Lipinski definition) is 0. The maximum absolute atomic E-state index is 2.56. The molecular formula is C33H49P. The molecule has 0 unspecified atom stereocenters. The van der Waals surface area contributed by atoms with Gasteiger partial charge in [0.1, 0.15) is 0 Å². The third-order valence-corrected chi connectivity index (χ3v) is 12.0. The highest BCUT2D eigenvalue weighted by Gasteiger charge is 2.32. The van der Waals surface area contributed by atoms with E-state index in [-0.39, 0.29) is 7.92 Å². The lowest BCUT2D eigenvalue weighted by molar-refractivity contribution is 0.487.